The number of carbonyl (C=O) groups excluding carboxylic acids is 1. The number of amides is 2. The lowest BCUT2D eigenvalue weighted by atomic mass is 10.1. The Labute approximate surface area is 154 Å². The lowest BCUT2D eigenvalue weighted by Crippen LogP contribution is -2.44. The Balaban J connectivity index is 1.74. The van der Waals surface area contributed by atoms with Crippen molar-refractivity contribution in [2.75, 3.05) is 14.2 Å². The van der Waals surface area contributed by atoms with E-state index >= 15 is 0 Å². The molecule has 6 nitrogen and oxygen atoms in total. The number of nitrogens with zero attached hydrogens (tertiary/aromatic N) is 1. The Morgan fingerprint density at radius 1 is 1.23 bits per heavy atom. The highest BCUT2D eigenvalue weighted by Gasteiger charge is 2.27. The first kappa shape index (κ1) is 18.2. The molecule has 0 spiro atoms. The molecular formula is C20H26N2O4. The lowest BCUT2D eigenvalue weighted by molar-refractivity contribution is 0.169. The third kappa shape index (κ3) is 4.31. The van der Waals surface area contributed by atoms with Crippen LogP contribution in [0.5, 0.6) is 11.5 Å². The molecular weight excluding hydrogens is 332 g/mol. The van der Waals surface area contributed by atoms with Gasteiger partial charge in [0, 0.05) is 17.7 Å². The lowest BCUT2D eigenvalue weighted by Gasteiger charge is -2.29. The molecule has 1 aromatic carbocycles. The van der Waals surface area contributed by atoms with Gasteiger partial charge in [0.25, 0.3) is 0 Å². The molecule has 1 aliphatic carbocycles. The number of ether oxygens (including phenoxy) is 2. The number of nitrogens with one attached hydrogen (secondary N) is 1. The Kier molecular flexibility index (Phi) is 6.04. The largest absolute Gasteiger partial charge is 0.497 e. The Bertz CT molecular complexity index is 709. The number of urea groups is 1. The number of methoxy groups -OCH3 is 2. The van der Waals surface area contributed by atoms with Crippen LogP contribution in [-0.2, 0) is 13.1 Å². The van der Waals surface area contributed by atoms with Crippen LogP contribution in [0.2, 0.25) is 0 Å². The first-order chi connectivity index (χ1) is 12.7. The summed E-state index contributed by atoms with van der Waals surface area (Å²) in [7, 11) is 3.26. The highest BCUT2D eigenvalue weighted by atomic mass is 16.5. The van der Waals surface area contributed by atoms with E-state index in [2.05, 4.69) is 5.32 Å². The molecule has 1 fully saturated rings. The average molecular weight is 358 g/mol. The van der Waals surface area contributed by atoms with Gasteiger partial charge in [-0.3, -0.25) is 0 Å². The molecule has 0 bridgehead atoms. The molecule has 1 saturated carbocycles. The van der Waals surface area contributed by atoms with E-state index in [0.29, 0.717) is 13.1 Å². The second kappa shape index (κ2) is 8.65. The van der Waals surface area contributed by atoms with Gasteiger partial charge in [-0.1, -0.05) is 12.8 Å². The zero-order chi connectivity index (χ0) is 18.4. The third-order valence-electron chi connectivity index (χ3n) is 4.86. The Hall–Kier alpha value is -2.63. The van der Waals surface area contributed by atoms with Crippen molar-refractivity contribution in [3.63, 3.8) is 0 Å². The zero-order valence-electron chi connectivity index (χ0n) is 15.4. The van der Waals surface area contributed by atoms with E-state index in [1.54, 1.807) is 20.5 Å². The van der Waals surface area contributed by atoms with Gasteiger partial charge in [0.1, 0.15) is 17.3 Å². The monoisotopic (exact) mass is 358 g/mol. The molecule has 1 heterocycles. The summed E-state index contributed by atoms with van der Waals surface area (Å²) < 4.78 is 16.1. The van der Waals surface area contributed by atoms with Gasteiger partial charge in [-0.15, -0.1) is 0 Å². The summed E-state index contributed by atoms with van der Waals surface area (Å²) in [6.45, 7) is 0.886. The van der Waals surface area contributed by atoms with Crippen molar-refractivity contribution in [1.29, 1.82) is 0 Å². The van der Waals surface area contributed by atoms with Gasteiger partial charge in [-0.2, -0.15) is 0 Å². The van der Waals surface area contributed by atoms with E-state index in [4.69, 9.17) is 13.9 Å². The summed E-state index contributed by atoms with van der Waals surface area (Å²) in [5, 5.41) is 2.97. The number of benzene rings is 1. The van der Waals surface area contributed by atoms with Gasteiger partial charge in [-0.05, 0) is 37.1 Å². The predicted molar refractivity (Wildman–Crippen MR) is 98.3 cm³/mol. The molecule has 1 aromatic heterocycles. The number of hydrogen-bond donors (Lipinski definition) is 1. The van der Waals surface area contributed by atoms with Gasteiger partial charge >= 0.3 is 6.03 Å². The van der Waals surface area contributed by atoms with Crippen LogP contribution in [0.25, 0.3) is 0 Å². The zero-order valence-corrected chi connectivity index (χ0v) is 15.4. The molecule has 2 amide bonds. The highest BCUT2D eigenvalue weighted by Crippen LogP contribution is 2.29. The second-order valence-corrected chi connectivity index (χ2v) is 6.48. The van der Waals surface area contributed by atoms with Crippen LogP contribution in [-0.4, -0.2) is 31.2 Å². The molecule has 6 heteroatoms. The van der Waals surface area contributed by atoms with Crippen molar-refractivity contribution in [3.05, 3.63) is 47.9 Å². The van der Waals surface area contributed by atoms with Crippen molar-refractivity contribution in [2.24, 2.45) is 0 Å². The SMILES string of the molecule is COc1ccc(CN(C(=O)NCc2ccco2)C2CCCC2)c(OC)c1. The molecule has 0 aliphatic heterocycles. The highest BCUT2D eigenvalue weighted by molar-refractivity contribution is 5.74. The van der Waals surface area contributed by atoms with Crippen molar-refractivity contribution < 1.29 is 18.7 Å². The quantitative estimate of drug-likeness (QED) is 0.814. The number of hydrogen-bond acceptors (Lipinski definition) is 4. The van der Waals surface area contributed by atoms with Crippen LogP contribution in [0.1, 0.15) is 37.0 Å². The van der Waals surface area contributed by atoms with Crippen molar-refractivity contribution in [3.8, 4) is 11.5 Å². The third-order valence-corrected chi connectivity index (χ3v) is 4.86. The smallest absolute Gasteiger partial charge is 0.318 e. The Morgan fingerprint density at radius 3 is 2.69 bits per heavy atom. The van der Waals surface area contributed by atoms with E-state index in [1.807, 2.05) is 35.2 Å². The molecule has 2 aromatic rings. The fourth-order valence-corrected chi connectivity index (χ4v) is 3.43. The van der Waals surface area contributed by atoms with Crippen LogP contribution in [0.15, 0.2) is 41.0 Å². The van der Waals surface area contributed by atoms with Crippen LogP contribution >= 0.6 is 0 Å². The molecule has 1 N–H and O–H groups in total. The van der Waals surface area contributed by atoms with Crippen LogP contribution in [0.4, 0.5) is 4.79 Å². The fourth-order valence-electron chi connectivity index (χ4n) is 3.43. The fraction of sp³-hybridized carbons (Fsp3) is 0.450. The van der Waals surface area contributed by atoms with Crippen molar-refractivity contribution in [1.82, 2.24) is 10.2 Å². The van der Waals surface area contributed by atoms with Gasteiger partial charge < -0.3 is 24.1 Å². The summed E-state index contributed by atoms with van der Waals surface area (Å²) in [5.74, 6) is 2.21. The predicted octanol–water partition coefficient (Wildman–Crippen LogP) is 3.95. The number of carbonyl (C=O) groups is 1. The molecule has 0 atom stereocenters. The molecule has 0 unspecified atom stereocenters. The molecule has 0 radical (unpaired) electrons. The van der Waals surface area contributed by atoms with Crippen LogP contribution < -0.4 is 14.8 Å². The van der Waals surface area contributed by atoms with E-state index in [1.165, 1.54) is 0 Å². The first-order valence-corrected chi connectivity index (χ1v) is 8.99. The van der Waals surface area contributed by atoms with E-state index in [0.717, 1.165) is 48.5 Å². The van der Waals surface area contributed by atoms with Crippen LogP contribution in [0, 0.1) is 0 Å². The molecule has 1 aliphatic rings. The number of rotatable bonds is 7. The normalized spacial score (nSPS) is 14.2. The van der Waals surface area contributed by atoms with Gasteiger partial charge in [-0.25, -0.2) is 4.79 Å². The minimum absolute atomic E-state index is 0.0776. The van der Waals surface area contributed by atoms with Gasteiger partial charge in [0.05, 0.1) is 33.6 Å². The summed E-state index contributed by atoms with van der Waals surface area (Å²) in [6.07, 6.45) is 6.00. The van der Waals surface area contributed by atoms with Crippen molar-refractivity contribution >= 4 is 6.03 Å². The maximum Gasteiger partial charge on any atom is 0.318 e. The summed E-state index contributed by atoms with van der Waals surface area (Å²) >= 11 is 0. The number of furan rings is 1. The van der Waals surface area contributed by atoms with E-state index in [-0.39, 0.29) is 12.1 Å². The Morgan fingerprint density at radius 2 is 2.04 bits per heavy atom. The minimum atomic E-state index is -0.0776. The maximum absolute atomic E-state index is 12.9. The molecule has 3 rings (SSSR count). The first-order valence-electron chi connectivity index (χ1n) is 8.99. The maximum atomic E-state index is 12.9. The van der Waals surface area contributed by atoms with Gasteiger partial charge in [0.15, 0.2) is 0 Å². The molecule has 0 saturated heterocycles. The molecule has 26 heavy (non-hydrogen) atoms. The summed E-state index contributed by atoms with van der Waals surface area (Å²) in [6, 6.07) is 9.54. The second-order valence-electron chi connectivity index (χ2n) is 6.48. The summed E-state index contributed by atoms with van der Waals surface area (Å²) in [5.41, 5.74) is 0.966. The van der Waals surface area contributed by atoms with Crippen LogP contribution in [0.3, 0.4) is 0 Å². The standard InChI is InChI=1S/C20H26N2O4/c1-24-17-10-9-15(19(12-17)25-2)14-22(16-6-3-4-7-16)20(23)21-13-18-8-5-11-26-18/h5,8-12,16H,3-4,6-7,13-14H2,1-2H3,(H,21,23). The van der Waals surface area contributed by atoms with Crippen molar-refractivity contribution in [2.45, 2.75) is 44.8 Å². The average Bonchev–Trinajstić information content (AvgIpc) is 3.38. The van der Waals surface area contributed by atoms with E-state index in [9.17, 15) is 4.79 Å². The minimum Gasteiger partial charge on any atom is -0.497 e. The topological polar surface area (TPSA) is 63.9 Å². The van der Waals surface area contributed by atoms with Gasteiger partial charge in [0.2, 0.25) is 0 Å². The van der Waals surface area contributed by atoms with E-state index < -0.39 is 0 Å². The summed E-state index contributed by atoms with van der Waals surface area (Å²) in [4.78, 5) is 14.8. The molecule has 140 valence electrons.